The molecule has 2 N–H and O–H groups in total. The lowest BCUT2D eigenvalue weighted by molar-refractivity contribution is -0.123. The SMILES string of the molecule is COc1ccc(OC)c(C(C)NCCNC(=O)C(C)C)c1. The third kappa shape index (κ3) is 5.27. The van der Waals surface area contributed by atoms with Crippen LogP contribution in [0, 0.1) is 5.92 Å². The van der Waals surface area contributed by atoms with Crippen LogP contribution in [0.25, 0.3) is 0 Å². The summed E-state index contributed by atoms with van der Waals surface area (Å²) < 4.78 is 10.6. The van der Waals surface area contributed by atoms with Crippen molar-refractivity contribution in [3.63, 3.8) is 0 Å². The minimum Gasteiger partial charge on any atom is -0.497 e. The van der Waals surface area contributed by atoms with Crippen molar-refractivity contribution in [2.75, 3.05) is 27.3 Å². The van der Waals surface area contributed by atoms with Crippen LogP contribution in [0.15, 0.2) is 18.2 Å². The first-order valence-corrected chi connectivity index (χ1v) is 7.22. The van der Waals surface area contributed by atoms with Gasteiger partial charge in [-0.1, -0.05) is 13.8 Å². The third-order valence-corrected chi connectivity index (χ3v) is 3.30. The summed E-state index contributed by atoms with van der Waals surface area (Å²) in [5.74, 6) is 1.71. The molecule has 0 saturated heterocycles. The molecule has 0 aliphatic carbocycles. The number of amides is 1. The Hall–Kier alpha value is -1.75. The molecule has 0 heterocycles. The predicted octanol–water partition coefficient (Wildman–Crippen LogP) is 2.13. The third-order valence-electron chi connectivity index (χ3n) is 3.30. The topological polar surface area (TPSA) is 59.6 Å². The van der Waals surface area contributed by atoms with Gasteiger partial charge in [0, 0.05) is 30.6 Å². The van der Waals surface area contributed by atoms with Crippen LogP contribution in [-0.4, -0.2) is 33.2 Å². The van der Waals surface area contributed by atoms with Crippen molar-refractivity contribution < 1.29 is 14.3 Å². The van der Waals surface area contributed by atoms with Crippen molar-refractivity contribution in [2.24, 2.45) is 5.92 Å². The molecule has 5 heteroatoms. The van der Waals surface area contributed by atoms with E-state index in [1.165, 1.54) is 0 Å². The van der Waals surface area contributed by atoms with E-state index in [0.29, 0.717) is 13.1 Å². The average Bonchev–Trinajstić information content (AvgIpc) is 2.50. The molecule has 1 aromatic rings. The number of ether oxygens (including phenoxy) is 2. The number of carbonyl (C=O) groups is 1. The van der Waals surface area contributed by atoms with Crippen molar-refractivity contribution in [1.82, 2.24) is 10.6 Å². The number of methoxy groups -OCH3 is 2. The second kappa shape index (κ2) is 8.52. The molecule has 1 rings (SSSR count). The first kappa shape index (κ1) is 17.3. The Balaban J connectivity index is 2.55. The number of nitrogens with one attached hydrogen (secondary N) is 2. The molecule has 0 fully saturated rings. The zero-order chi connectivity index (χ0) is 15.8. The number of benzene rings is 1. The van der Waals surface area contributed by atoms with E-state index >= 15 is 0 Å². The highest BCUT2D eigenvalue weighted by Gasteiger charge is 2.12. The monoisotopic (exact) mass is 294 g/mol. The fourth-order valence-electron chi connectivity index (χ4n) is 1.97. The van der Waals surface area contributed by atoms with Crippen molar-refractivity contribution in [3.8, 4) is 11.5 Å². The van der Waals surface area contributed by atoms with E-state index in [4.69, 9.17) is 9.47 Å². The first-order valence-electron chi connectivity index (χ1n) is 7.22. The predicted molar refractivity (Wildman–Crippen MR) is 83.8 cm³/mol. The van der Waals surface area contributed by atoms with Gasteiger partial charge in [-0.25, -0.2) is 0 Å². The Bertz CT molecular complexity index is 461. The van der Waals surface area contributed by atoms with Crippen molar-refractivity contribution >= 4 is 5.91 Å². The number of hydrogen-bond acceptors (Lipinski definition) is 4. The molecule has 0 saturated carbocycles. The summed E-state index contributed by atoms with van der Waals surface area (Å²) in [6.07, 6.45) is 0. The fraction of sp³-hybridized carbons (Fsp3) is 0.562. The Morgan fingerprint density at radius 3 is 2.43 bits per heavy atom. The van der Waals surface area contributed by atoms with Gasteiger partial charge >= 0.3 is 0 Å². The number of carbonyl (C=O) groups excluding carboxylic acids is 1. The lowest BCUT2D eigenvalue weighted by Crippen LogP contribution is -2.35. The van der Waals surface area contributed by atoms with Gasteiger partial charge in [0.05, 0.1) is 14.2 Å². The van der Waals surface area contributed by atoms with E-state index in [0.717, 1.165) is 17.1 Å². The van der Waals surface area contributed by atoms with Gasteiger partial charge in [-0.3, -0.25) is 4.79 Å². The molecule has 0 radical (unpaired) electrons. The Labute approximate surface area is 127 Å². The van der Waals surface area contributed by atoms with E-state index in [9.17, 15) is 4.79 Å². The van der Waals surface area contributed by atoms with Crippen LogP contribution in [0.3, 0.4) is 0 Å². The summed E-state index contributed by atoms with van der Waals surface area (Å²) in [5.41, 5.74) is 1.03. The number of rotatable bonds is 8. The molecule has 0 spiro atoms. The van der Waals surface area contributed by atoms with Crippen LogP contribution in [0.2, 0.25) is 0 Å². The van der Waals surface area contributed by atoms with Gasteiger partial charge in [0.15, 0.2) is 0 Å². The molecule has 0 aliphatic rings. The second-order valence-corrected chi connectivity index (χ2v) is 5.23. The largest absolute Gasteiger partial charge is 0.497 e. The van der Waals surface area contributed by atoms with Crippen LogP contribution >= 0.6 is 0 Å². The van der Waals surface area contributed by atoms with Crippen LogP contribution in [0.4, 0.5) is 0 Å². The van der Waals surface area contributed by atoms with E-state index in [-0.39, 0.29) is 17.9 Å². The molecule has 0 bridgehead atoms. The smallest absolute Gasteiger partial charge is 0.222 e. The van der Waals surface area contributed by atoms with Crippen molar-refractivity contribution in [1.29, 1.82) is 0 Å². The normalized spacial score (nSPS) is 12.1. The van der Waals surface area contributed by atoms with Crippen molar-refractivity contribution in [3.05, 3.63) is 23.8 Å². The van der Waals surface area contributed by atoms with Crippen molar-refractivity contribution in [2.45, 2.75) is 26.8 Å². The first-order chi connectivity index (χ1) is 9.99. The second-order valence-electron chi connectivity index (χ2n) is 5.23. The zero-order valence-electron chi connectivity index (χ0n) is 13.5. The average molecular weight is 294 g/mol. The summed E-state index contributed by atoms with van der Waals surface area (Å²) in [6, 6.07) is 5.83. The molecular weight excluding hydrogens is 268 g/mol. The standard InChI is InChI=1S/C16H26N2O3/c1-11(2)16(19)18-9-8-17-12(3)14-10-13(20-4)6-7-15(14)21-5/h6-7,10-12,17H,8-9H2,1-5H3,(H,18,19). The summed E-state index contributed by atoms with van der Waals surface area (Å²) >= 11 is 0. The Morgan fingerprint density at radius 2 is 1.86 bits per heavy atom. The lowest BCUT2D eigenvalue weighted by Gasteiger charge is -2.18. The Morgan fingerprint density at radius 1 is 1.14 bits per heavy atom. The molecule has 21 heavy (non-hydrogen) atoms. The van der Waals surface area contributed by atoms with E-state index in [1.54, 1.807) is 14.2 Å². The van der Waals surface area contributed by atoms with Gasteiger partial charge in [-0.2, -0.15) is 0 Å². The molecule has 5 nitrogen and oxygen atoms in total. The summed E-state index contributed by atoms with van der Waals surface area (Å²) in [5, 5.41) is 6.25. The van der Waals surface area contributed by atoms with Crippen LogP contribution in [0.1, 0.15) is 32.4 Å². The minimum atomic E-state index is 0.0147. The van der Waals surface area contributed by atoms with Gasteiger partial charge in [0.2, 0.25) is 5.91 Å². The van der Waals surface area contributed by atoms with E-state index < -0.39 is 0 Å². The highest BCUT2D eigenvalue weighted by atomic mass is 16.5. The molecule has 1 aromatic carbocycles. The highest BCUT2D eigenvalue weighted by molar-refractivity contribution is 5.77. The highest BCUT2D eigenvalue weighted by Crippen LogP contribution is 2.28. The maximum absolute atomic E-state index is 11.5. The lowest BCUT2D eigenvalue weighted by atomic mass is 10.1. The van der Waals surface area contributed by atoms with Gasteiger partial charge in [-0.05, 0) is 25.1 Å². The molecule has 0 aromatic heterocycles. The van der Waals surface area contributed by atoms with Gasteiger partial charge in [0.1, 0.15) is 11.5 Å². The van der Waals surface area contributed by atoms with Crippen LogP contribution in [0.5, 0.6) is 11.5 Å². The quantitative estimate of drug-likeness (QED) is 0.721. The van der Waals surface area contributed by atoms with Gasteiger partial charge in [0.25, 0.3) is 0 Å². The minimum absolute atomic E-state index is 0.0147. The molecule has 1 unspecified atom stereocenters. The summed E-state index contributed by atoms with van der Waals surface area (Å²) in [6.45, 7) is 7.12. The fourth-order valence-corrected chi connectivity index (χ4v) is 1.97. The van der Waals surface area contributed by atoms with E-state index in [1.807, 2.05) is 32.0 Å². The summed E-state index contributed by atoms with van der Waals surface area (Å²) in [7, 11) is 3.30. The molecule has 118 valence electrons. The van der Waals surface area contributed by atoms with Gasteiger partial charge in [-0.15, -0.1) is 0 Å². The number of hydrogen-bond donors (Lipinski definition) is 2. The molecular formula is C16H26N2O3. The Kier molecular flexibility index (Phi) is 7.02. The zero-order valence-corrected chi connectivity index (χ0v) is 13.5. The maximum Gasteiger partial charge on any atom is 0.222 e. The van der Waals surface area contributed by atoms with Crippen LogP contribution in [-0.2, 0) is 4.79 Å². The maximum atomic E-state index is 11.5. The molecule has 0 aliphatic heterocycles. The molecule has 1 atom stereocenters. The van der Waals surface area contributed by atoms with Gasteiger partial charge < -0.3 is 20.1 Å². The molecule has 1 amide bonds. The van der Waals surface area contributed by atoms with E-state index in [2.05, 4.69) is 17.6 Å². The van der Waals surface area contributed by atoms with Crippen LogP contribution < -0.4 is 20.1 Å². The summed E-state index contributed by atoms with van der Waals surface area (Å²) in [4.78, 5) is 11.5.